The van der Waals surface area contributed by atoms with Crippen molar-refractivity contribution in [3.63, 3.8) is 0 Å². The van der Waals surface area contributed by atoms with Crippen LogP contribution in [0.25, 0.3) is 123 Å². The average molecular weight is 868 g/mol. The molecule has 5 nitrogen and oxygen atoms in total. The van der Waals surface area contributed by atoms with Crippen molar-refractivity contribution >= 4 is 43.6 Å². The summed E-state index contributed by atoms with van der Waals surface area (Å²) < 4.78 is 4.69. The van der Waals surface area contributed by atoms with Gasteiger partial charge in [0.15, 0.2) is 11.6 Å². The molecular formula is C63H41N5. The molecule has 5 heteroatoms. The summed E-state index contributed by atoms with van der Waals surface area (Å²) >= 11 is 0. The number of aromatic nitrogens is 5. The fraction of sp³-hybridized carbons (Fsp3) is 0. The van der Waals surface area contributed by atoms with Crippen molar-refractivity contribution in [3.05, 3.63) is 249 Å². The maximum Gasteiger partial charge on any atom is 0.238 e. The van der Waals surface area contributed by atoms with Gasteiger partial charge in [0.25, 0.3) is 0 Å². The third-order valence-corrected chi connectivity index (χ3v) is 13.2. The van der Waals surface area contributed by atoms with Crippen molar-refractivity contribution in [3.8, 4) is 78.9 Å². The van der Waals surface area contributed by atoms with E-state index in [4.69, 9.17) is 15.0 Å². The van der Waals surface area contributed by atoms with Gasteiger partial charge in [-0.1, -0.05) is 218 Å². The SMILES string of the molecule is c1ccc(-c2ccc(-c3nc(-c4ccccc4)nc(-n4c5ccccc5c5cc6c7ccccc7n(-c7cc(-c8ccccc8)ccc7-c7ccc(-c8ccccc8)cc7)c6cc54)n3)cc2)cc1. The van der Waals surface area contributed by atoms with E-state index < -0.39 is 0 Å². The minimum atomic E-state index is 0.555. The topological polar surface area (TPSA) is 48.5 Å². The summed E-state index contributed by atoms with van der Waals surface area (Å²) in [5.74, 6) is 1.77. The standard InChI is InChI=1S/C63H41N5/c1-5-17-42(18-6-1)45-29-33-47(34-30-45)51-38-37-50(44-21-9-3-10-22-44)39-58(51)67-56-27-15-13-25-52(56)54-40-55-53-26-14-16-28-57(53)68(60(55)41-59(54)67)63-65-61(48-23-11-4-12-24-48)64-62(66-63)49-35-31-46(32-36-49)43-19-7-2-8-20-43/h1-41H. The second-order valence-electron chi connectivity index (χ2n) is 17.2. The Morgan fingerprint density at radius 2 is 0.618 bits per heavy atom. The van der Waals surface area contributed by atoms with Gasteiger partial charge in [0, 0.05) is 38.2 Å². The molecule has 13 rings (SSSR count). The first-order valence-corrected chi connectivity index (χ1v) is 23.0. The van der Waals surface area contributed by atoms with E-state index in [1.54, 1.807) is 0 Å². The summed E-state index contributed by atoms with van der Waals surface area (Å²) in [5, 5.41) is 4.61. The molecule has 68 heavy (non-hydrogen) atoms. The van der Waals surface area contributed by atoms with E-state index in [-0.39, 0.29) is 0 Å². The molecule has 3 heterocycles. The molecule has 0 aliphatic rings. The monoisotopic (exact) mass is 867 g/mol. The Morgan fingerprint density at radius 3 is 1.16 bits per heavy atom. The summed E-state index contributed by atoms with van der Waals surface area (Å²) in [6.45, 7) is 0. The predicted molar refractivity (Wildman–Crippen MR) is 281 cm³/mol. The van der Waals surface area contributed by atoms with Crippen LogP contribution in [-0.2, 0) is 0 Å². The number of benzene rings is 10. The molecule has 10 aromatic carbocycles. The maximum atomic E-state index is 5.34. The molecule has 0 atom stereocenters. The molecule has 0 spiro atoms. The van der Waals surface area contributed by atoms with Gasteiger partial charge in [0.2, 0.25) is 5.95 Å². The first-order valence-electron chi connectivity index (χ1n) is 23.0. The van der Waals surface area contributed by atoms with Crippen molar-refractivity contribution < 1.29 is 0 Å². The van der Waals surface area contributed by atoms with Crippen LogP contribution in [0.1, 0.15) is 0 Å². The van der Waals surface area contributed by atoms with Gasteiger partial charge in [-0.15, -0.1) is 0 Å². The van der Waals surface area contributed by atoms with Gasteiger partial charge in [-0.3, -0.25) is 4.57 Å². The third kappa shape index (κ3) is 6.76. The first-order chi connectivity index (χ1) is 33.7. The highest BCUT2D eigenvalue weighted by Gasteiger charge is 2.23. The van der Waals surface area contributed by atoms with Gasteiger partial charge in [-0.25, -0.2) is 4.98 Å². The zero-order valence-corrected chi connectivity index (χ0v) is 36.9. The lowest BCUT2D eigenvalue weighted by atomic mass is 9.96. The Labute approximate surface area is 393 Å². The molecule has 0 unspecified atom stereocenters. The normalized spacial score (nSPS) is 11.5. The van der Waals surface area contributed by atoms with Gasteiger partial charge in [0.1, 0.15) is 0 Å². The molecule has 0 bridgehead atoms. The van der Waals surface area contributed by atoms with E-state index in [0.717, 1.165) is 83.0 Å². The predicted octanol–water partition coefficient (Wildman–Crippen LogP) is 16.1. The first kappa shape index (κ1) is 39.2. The smallest absolute Gasteiger partial charge is 0.238 e. The van der Waals surface area contributed by atoms with E-state index in [9.17, 15) is 0 Å². The lowest BCUT2D eigenvalue weighted by Gasteiger charge is -2.17. The minimum absolute atomic E-state index is 0.555. The molecule has 0 saturated carbocycles. The summed E-state index contributed by atoms with van der Waals surface area (Å²) in [7, 11) is 0. The van der Waals surface area contributed by atoms with Crippen LogP contribution < -0.4 is 0 Å². The summed E-state index contributed by atoms with van der Waals surface area (Å²) in [6.07, 6.45) is 0. The highest BCUT2D eigenvalue weighted by Crippen LogP contribution is 2.42. The van der Waals surface area contributed by atoms with E-state index in [2.05, 4.69) is 234 Å². The Bertz CT molecular complexity index is 3970. The van der Waals surface area contributed by atoms with Crippen LogP contribution in [0.2, 0.25) is 0 Å². The Kier molecular flexibility index (Phi) is 9.43. The van der Waals surface area contributed by atoms with Crippen molar-refractivity contribution in [2.45, 2.75) is 0 Å². The summed E-state index contributed by atoms with van der Waals surface area (Å²) in [5.41, 5.74) is 16.4. The number of hydrogen-bond donors (Lipinski definition) is 0. The molecule has 0 aliphatic heterocycles. The molecule has 0 N–H and O–H groups in total. The van der Waals surface area contributed by atoms with Crippen LogP contribution in [0.5, 0.6) is 0 Å². The fourth-order valence-corrected chi connectivity index (χ4v) is 9.90. The van der Waals surface area contributed by atoms with Crippen LogP contribution in [-0.4, -0.2) is 24.1 Å². The van der Waals surface area contributed by atoms with Crippen LogP contribution in [0.3, 0.4) is 0 Å². The highest BCUT2D eigenvalue weighted by molar-refractivity contribution is 6.19. The number of nitrogens with zero attached hydrogens (tertiary/aromatic N) is 5. The second-order valence-corrected chi connectivity index (χ2v) is 17.2. The summed E-state index contributed by atoms with van der Waals surface area (Å²) in [4.78, 5) is 15.8. The minimum Gasteiger partial charge on any atom is -0.309 e. The average Bonchev–Trinajstić information content (AvgIpc) is 3.92. The lowest BCUT2D eigenvalue weighted by molar-refractivity contribution is 0.953. The van der Waals surface area contributed by atoms with Crippen molar-refractivity contribution in [2.24, 2.45) is 0 Å². The largest absolute Gasteiger partial charge is 0.309 e. The number of hydrogen-bond acceptors (Lipinski definition) is 3. The van der Waals surface area contributed by atoms with Gasteiger partial charge < -0.3 is 4.57 Å². The third-order valence-electron chi connectivity index (χ3n) is 13.2. The van der Waals surface area contributed by atoms with Gasteiger partial charge in [-0.2, -0.15) is 9.97 Å². The molecule has 0 aliphatic carbocycles. The number of para-hydroxylation sites is 2. The van der Waals surface area contributed by atoms with Crippen molar-refractivity contribution in [1.29, 1.82) is 0 Å². The summed E-state index contributed by atoms with van der Waals surface area (Å²) in [6, 6.07) is 88.4. The van der Waals surface area contributed by atoms with Gasteiger partial charge in [0.05, 0.1) is 27.8 Å². The highest BCUT2D eigenvalue weighted by atomic mass is 15.2. The molecular weight excluding hydrogens is 827 g/mol. The quantitative estimate of drug-likeness (QED) is 0.153. The van der Waals surface area contributed by atoms with E-state index >= 15 is 0 Å². The molecule has 0 radical (unpaired) electrons. The molecule has 0 fully saturated rings. The van der Waals surface area contributed by atoms with Crippen LogP contribution in [0, 0.1) is 0 Å². The van der Waals surface area contributed by atoms with Crippen LogP contribution in [0.15, 0.2) is 249 Å². The molecule has 0 saturated heterocycles. The van der Waals surface area contributed by atoms with Crippen molar-refractivity contribution in [1.82, 2.24) is 24.1 Å². The Balaban J connectivity index is 1.06. The molecule has 3 aromatic heterocycles. The fourth-order valence-electron chi connectivity index (χ4n) is 9.90. The maximum absolute atomic E-state index is 5.34. The lowest BCUT2D eigenvalue weighted by Crippen LogP contribution is -2.06. The Morgan fingerprint density at radius 1 is 0.235 bits per heavy atom. The van der Waals surface area contributed by atoms with Crippen LogP contribution >= 0.6 is 0 Å². The van der Waals surface area contributed by atoms with E-state index in [1.165, 1.54) is 21.9 Å². The Hall–Kier alpha value is -9.19. The number of rotatable bonds is 8. The van der Waals surface area contributed by atoms with Gasteiger partial charge >= 0.3 is 0 Å². The van der Waals surface area contributed by atoms with E-state index in [1.807, 2.05) is 24.3 Å². The second kappa shape index (κ2) is 16.4. The van der Waals surface area contributed by atoms with Crippen molar-refractivity contribution in [2.75, 3.05) is 0 Å². The molecule has 13 aromatic rings. The van der Waals surface area contributed by atoms with Gasteiger partial charge in [-0.05, 0) is 69.3 Å². The van der Waals surface area contributed by atoms with Crippen LogP contribution in [0.4, 0.5) is 0 Å². The molecule has 318 valence electrons. The molecule has 0 amide bonds. The zero-order valence-electron chi connectivity index (χ0n) is 36.9. The zero-order chi connectivity index (χ0) is 45.0. The van der Waals surface area contributed by atoms with E-state index in [0.29, 0.717) is 17.6 Å². The number of fused-ring (bicyclic) bond motifs is 6.